The number of hydrogen-bond acceptors (Lipinski definition) is 4. The molecule has 29 heavy (non-hydrogen) atoms. The molecule has 0 heterocycles. The number of esters is 1. The van der Waals surface area contributed by atoms with Crippen molar-refractivity contribution in [2.24, 2.45) is 5.92 Å². The zero-order valence-electron chi connectivity index (χ0n) is 17.9. The van der Waals surface area contributed by atoms with E-state index in [0.29, 0.717) is 12.1 Å². The number of nitrogens with one attached hydrogen (secondary N) is 2. The van der Waals surface area contributed by atoms with E-state index < -0.39 is 5.97 Å². The molecule has 1 aromatic rings. The zero-order valence-corrected chi connectivity index (χ0v) is 17.9. The Kier molecular flexibility index (Phi) is 8.49. The van der Waals surface area contributed by atoms with Crippen molar-refractivity contribution in [1.29, 1.82) is 0 Å². The minimum Gasteiger partial charge on any atom is -0.452 e. The molecule has 0 saturated heterocycles. The Bertz CT molecular complexity index is 695. The van der Waals surface area contributed by atoms with E-state index in [1.807, 2.05) is 13.8 Å². The van der Waals surface area contributed by atoms with Crippen molar-refractivity contribution < 1.29 is 19.1 Å². The van der Waals surface area contributed by atoms with Crippen LogP contribution in [0.1, 0.15) is 62.4 Å². The summed E-state index contributed by atoms with van der Waals surface area (Å²) in [4.78, 5) is 37.9. The van der Waals surface area contributed by atoms with Gasteiger partial charge in [-0.05, 0) is 63.1 Å². The molecule has 7 heteroatoms. The van der Waals surface area contributed by atoms with Gasteiger partial charge in [0.1, 0.15) is 0 Å². The second-order valence-corrected chi connectivity index (χ2v) is 8.17. The highest BCUT2D eigenvalue weighted by molar-refractivity contribution is 5.91. The molecule has 1 saturated carbocycles. The molecule has 0 unspecified atom stereocenters. The van der Waals surface area contributed by atoms with Gasteiger partial charge in [-0.25, -0.2) is 9.59 Å². The fourth-order valence-corrected chi connectivity index (χ4v) is 3.40. The molecule has 2 rings (SSSR count). The molecule has 1 fully saturated rings. The summed E-state index contributed by atoms with van der Waals surface area (Å²) in [6.45, 7) is 6.12. The largest absolute Gasteiger partial charge is 0.452 e. The predicted molar refractivity (Wildman–Crippen MR) is 111 cm³/mol. The van der Waals surface area contributed by atoms with Crippen molar-refractivity contribution in [2.45, 2.75) is 65.1 Å². The van der Waals surface area contributed by atoms with Gasteiger partial charge >= 0.3 is 12.0 Å². The standard InChI is InChI=1S/C22H33N3O4/c1-15(2)24-22(28)23-13-17-7-9-18(10-8-17)21(27)29-14-20(26)25(4)19-11-5-16(3)6-12-19/h7-10,15-16,19H,5-6,11-14H2,1-4H3,(H2,23,24,28). The molecule has 1 aliphatic rings. The first-order valence-corrected chi connectivity index (χ1v) is 10.3. The highest BCUT2D eigenvalue weighted by Crippen LogP contribution is 2.26. The van der Waals surface area contributed by atoms with Gasteiger partial charge in [0.15, 0.2) is 6.61 Å². The number of benzene rings is 1. The van der Waals surface area contributed by atoms with Crippen molar-refractivity contribution >= 4 is 17.9 Å². The van der Waals surface area contributed by atoms with Gasteiger partial charge in [0.2, 0.25) is 0 Å². The van der Waals surface area contributed by atoms with Crippen molar-refractivity contribution in [1.82, 2.24) is 15.5 Å². The number of rotatable bonds is 7. The lowest BCUT2D eigenvalue weighted by Crippen LogP contribution is -2.41. The third-order valence-corrected chi connectivity index (χ3v) is 5.32. The average molecular weight is 404 g/mol. The highest BCUT2D eigenvalue weighted by atomic mass is 16.5. The normalized spacial score (nSPS) is 18.8. The number of nitrogens with zero attached hydrogens (tertiary/aromatic N) is 1. The Balaban J connectivity index is 1.77. The van der Waals surface area contributed by atoms with E-state index in [2.05, 4.69) is 17.6 Å². The molecule has 1 aliphatic carbocycles. The Hall–Kier alpha value is -2.57. The number of urea groups is 1. The van der Waals surface area contributed by atoms with Crippen LogP contribution in [0.2, 0.25) is 0 Å². The highest BCUT2D eigenvalue weighted by Gasteiger charge is 2.25. The van der Waals surface area contributed by atoms with Gasteiger partial charge < -0.3 is 20.3 Å². The average Bonchev–Trinajstić information content (AvgIpc) is 2.70. The molecule has 0 atom stereocenters. The molecular formula is C22H33N3O4. The molecule has 0 aliphatic heterocycles. The minimum atomic E-state index is -0.527. The van der Waals surface area contributed by atoms with E-state index in [-0.39, 0.29) is 30.6 Å². The van der Waals surface area contributed by atoms with Crippen LogP contribution >= 0.6 is 0 Å². The van der Waals surface area contributed by atoms with Gasteiger partial charge in [-0.15, -0.1) is 0 Å². The fourth-order valence-electron chi connectivity index (χ4n) is 3.40. The molecule has 0 aromatic heterocycles. The summed E-state index contributed by atoms with van der Waals surface area (Å²) in [6.07, 6.45) is 4.26. The van der Waals surface area contributed by atoms with Crippen LogP contribution < -0.4 is 10.6 Å². The molecule has 3 amide bonds. The summed E-state index contributed by atoms with van der Waals surface area (Å²) in [5, 5.41) is 5.49. The van der Waals surface area contributed by atoms with Crippen LogP contribution in [-0.4, -0.2) is 48.5 Å². The number of ether oxygens (including phenoxy) is 1. The molecule has 160 valence electrons. The number of amides is 3. The van der Waals surface area contributed by atoms with Crippen molar-refractivity contribution in [3.8, 4) is 0 Å². The Morgan fingerprint density at radius 2 is 1.72 bits per heavy atom. The van der Waals surface area contributed by atoms with Gasteiger partial charge in [-0.2, -0.15) is 0 Å². The van der Waals surface area contributed by atoms with Crippen LogP contribution in [-0.2, 0) is 16.1 Å². The first-order chi connectivity index (χ1) is 13.8. The quantitative estimate of drug-likeness (QED) is 0.685. The van der Waals surface area contributed by atoms with Crippen LogP contribution in [0, 0.1) is 5.92 Å². The lowest BCUT2D eigenvalue weighted by Gasteiger charge is -2.33. The number of carbonyl (C=O) groups excluding carboxylic acids is 3. The number of likely N-dealkylation sites (N-methyl/N-ethyl adjacent to an activating group) is 1. The second-order valence-electron chi connectivity index (χ2n) is 8.17. The van der Waals surface area contributed by atoms with Crippen LogP contribution in [0.3, 0.4) is 0 Å². The van der Waals surface area contributed by atoms with Crippen LogP contribution in [0.25, 0.3) is 0 Å². The third kappa shape index (κ3) is 7.40. The van der Waals surface area contributed by atoms with Gasteiger partial charge in [0.25, 0.3) is 5.91 Å². The maximum Gasteiger partial charge on any atom is 0.338 e. The van der Waals surface area contributed by atoms with Gasteiger partial charge in [-0.3, -0.25) is 4.79 Å². The maximum atomic E-state index is 12.3. The Morgan fingerprint density at radius 1 is 1.10 bits per heavy atom. The van der Waals surface area contributed by atoms with E-state index in [1.165, 1.54) is 0 Å². The summed E-state index contributed by atoms with van der Waals surface area (Å²) >= 11 is 0. The first kappa shape index (κ1) is 22.7. The molecule has 0 radical (unpaired) electrons. The summed E-state index contributed by atoms with van der Waals surface area (Å²) in [5.74, 6) is 0.0197. The molecule has 0 spiro atoms. The van der Waals surface area contributed by atoms with Gasteiger partial charge in [0.05, 0.1) is 5.56 Å². The van der Waals surface area contributed by atoms with Crippen LogP contribution in [0.5, 0.6) is 0 Å². The van der Waals surface area contributed by atoms with E-state index in [1.54, 1.807) is 36.2 Å². The zero-order chi connectivity index (χ0) is 21.4. The number of hydrogen-bond donors (Lipinski definition) is 2. The van der Waals surface area contributed by atoms with Crippen molar-refractivity contribution in [2.75, 3.05) is 13.7 Å². The lowest BCUT2D eigenvalue weighted by atomic mass is 9.87. The molecule has 2 N–H and O–H groups in total. The van der Waals surface area contributed by atoms with Gasteiger partial charge in [0, 0.05) is 25.7 Å². The van der Waals surface area contributed by atoms with E-state index >= 15 is 0 Å². The Labute approximate surface area is 173 Å². The Morgan fingerprint density at radius 3 is 2.31 bits per heavy atom. The molecule has 7 nitrogen and oxygen atoms in total. The minimum absolute atomic E-state index is 0.0653. The molecular weight excluding hydrogens is 370 g/mol. The molecule has 0 bridgehead atoms. The topological polar surface area (TPSA) is 87.7 Å². The summed E-state index contributed by atoms with van der Waals surface area (Å²) in [7, 11) is 1.79. The lowest BCUT2D eigenvalue weighted by molar-refractivity contribution is -0.136. The monoisotopic (exact) mass is 403 g/mol. The molecule has 1 aromatic carbocycles. The van der Waals surface area contributed by atoms with Crippen molar-refractivity contribution in [3.63, 3.8) is 0 Å². The first-order valence-electron chi connectivity index (χ1n) is 10.3. The third-order valence-electron chi connectivity index (χ3n) is 5.32. The SMILES string of the molecule is CC1CCC(N(C)C(=O)COC(=O)c2ccc(CNC(=O)NC(C)C)cc2)CC1. The van der Waals surface area contributed by atoms with Gasteiger partial charge in [-0.1, -0.05) is 19.1 Å². The summed E-state index contributed by atoms with van der Waals surface area (Å²) in [5.41, 5.74) is 1.24. The van der Waals surface area contributed by atoms with Crippen LogP contribution in [0.15, 0.2) is 24.3 Å². The summed E-state index contributed by atoms with van der Waals surface area (Å²) < 4.78 is 5.19. The second kappa shape index (κ2) is 10.8. The van der Waals surface area contributed by atoms with Crippen molar-refractivity contribution in [3.05, 3.63) is 35.4 Å². The number of carbonyl (C=O) groups is 3. The maximum absolute atomic E-state index is 12.3. The predicted octanol–water partition coefficient (Wildman–Crippen LogP) is 3.09. The van der Waals surface area contributed by atoms with E-state index in [4.69, 9.17) is 4.74 Å². The smallest absolute Gasteiger partial charge is 0.338 e. The van der Waals surface area contributed by atoms with Crippen LogP contribution in [0.4, 0.5) is 4.79 Å². The van der Waals surface area contributed by atoms with E-state index in [0.717, 1.165) is 37.2 Å². The van der Waals surface area contributed by atoms with E-state index in [9.17, 15) is 14.4 Å². The summed E-state index contributed by atoms with van der Waals surface area (Å²) in [6, 6.07) is 6.84. The fraction of sp³-hybridized carbons (Fsp3) is 0.591.